The Morgan fingerprint density at radius 1 is 1.26 bits per heavy atom. The Bertz CT molecular complexity index is 420. The molecule has 2 unspecified atom stereocenters. The van der Waals surface area contributed by atoms with Crippen LogP contribution in [-0.4, -0.2) is 79.0 Å². The van der Waals surface area contributed by atoms with Gasteiger partial charge in [-0.25, -0.2) is 4.79 Å². The molecular formula is C17H31N3O3. The van der Waals surface area contributed by atoms with Crippen molar-refractivity contribution in [2.75, 3.05) is 39.4 Å². The molecule has 1 aliphatic carbocycles. The van der Waals surface area contributed by atoms with Gasteiger partial charge in [-0.3, -0.25) is 9.80 Å². The third-order valence-electron chi connectivity index (χ3n) is 4.78. The van der Waals surface area contributed by atoms with Gasteiger partial charge in [0.15, 0.2) is 0 Å². The number of hydrogen-bond acceptors (Lipinski definition) is 5. The number of morpholine rings is 1. The van der Waals surface area contributed by atoms with Crippen molar-refractivity contribution in [1.82, 2.24) is 15.1 Å². The standard InChI is InChI=1S/C17H31N3O3/c1-17(2,3)23-16(21)20-8-9-22-12-15(20)10-18-13-6-7-19(11-13)14-4-5-14/h13-15,18H,4-12H2,1-3H3. The minimum absolute atomic E-state index is 0.0635. The van der Waals surface area contributed by atoms with Gasteiger partial charge in [-0.15, -0.1) is 0 Å². The molecule has 2 heterocycles. The summed E-state index contributed by atoms with van der Waals surface area (Å²) in [4.78, 5) is 16.8. The van der Waals surface area contributed by atoms with Crippen molar-refractivity contribution in [1.29, 1.82) is 0 Å². The van der Waals surface area contributed by atoms with Gasteiger partial charge in [0, 0.05) is 38.3 Å². The minimum Gasteiger partial charge on any atom is -0.444 e. The number of likely N-dealkylation sites (tertiary alicyclic amines) is 1. The summed E-state index contributed by atoms with van der Waals surface area (Å²) >= 11 is 0. The molecule has 23 heavy (non-hydrogen) atoms. The van der Waals surface area contributed by atoms with Crippen molar-refractivity contribution in [3.05, 3.63) is 0 Å². The summed E-state index contributed by atoms with van der Waals surface area (Å²) in [5.74, 6) is 0. The molecular weight excluding hydrogens is 294 g/mol. The normalized spacial score (nSPS) is 29.8. The molecule has 0 bridgehead atoms. The molecule has 2 aliphatic heterocycles. The Kier molecular flexibility index (Phi) is 5.13. The Labute approximate surface area is 139 Å². The van der Waals surface area contributed by atoms with E-state index in [4.69, 9.17) is 9.47 Å². The summed E-state index contributed by atoms with van der Waals surface area (Å²) < 4.78 is 11.1. The molecule has 3 aliphatic rings. The van der Waals surface area contributed by atoms with Crippen LogP contribution in [0.5, 0.6) is 0 Å². The van der Waals surface area contributed by atoms with E-state index in [2.05, 4.69) is 10.2 Å². The number of hydrogen-bond donors (Lipinski definition) is 1. The van der Waals surface area contributed by atoms with Crippen LogP contribution >= 0.6 is 0 Å². The highest BCUT2D eigenvalue weighted by molar-refractivity contribution is 5.68. The number of ether oxygens (including phenoxy) is 2. The van der Waals surface area contributed by atoms with E-state index >= 15 is 0 Å². The second-order valence-corrected chi connectivity index (χ2v) is 8.02. The van der Waals surface area contributed by atoms with Crippen molar-refractivity contribution >= 4 is 6.09 Å². The lowest BCUT2D eigenvalue weighted by Gasteiger charge is -2.37. The maximum atomic E-state index is 12.4. The van der Waals surface area contributed by atoms with Crippen molar-refractivity contribution < 1.29 is 14.3 Å². The van der Waals surface area contributed by atoms with Gasteiger partial charge in [0.1, 0.15) is 5.60 Å². The zero-order valence-electron chi connectivity index (χ0n) is 14.7. The highest BCUT2D eigenvalue weighted by Gasteiger charge is 2.35. The molecule has 1 N–H and O–H groups in total. The lowest BCUT2D eigenvalue weighted by molar-refractivity contribution is -0.0321. The van der Waals surface area contributed by atoms with Gasteiger partial charge in [-0.2, -0.15) is 0 Å². The molecule has 6 heteroatoms. The molecule has 0 aromatic heterocycles. The van der Waals surface area contributed by atoms with Crippen molar-refractivity contribution in [2.45, 2.75) is 63.8 Å². The number of nitrogens with zero attached hydrogens (tertiary/aromatic N) is 2. The first-order valence-corrected chi connectivity index (χ1v) is 8.97. The Hall–Kier alpha value is -0.850. The molecule has 1 amide bonds. The molecule has 3 fully saturated rings. The van der Waals surface area contributed by atoms with Crippen LogP contribution in [0.4, 0.5) is 4.79 Å². The SMILES string of the molecule is CC(C)(C)OC(=O)N1CCOCC1CNC1CCN(C2CC2)C1. The van der Waals surface area contributed by atoms with E-state index < -0.39 is 5.60 Å². The number of rotatable bonds is 4. The third kappa shape index (κ3) is 4.81. The van der Waals surface area contributed by atoms with Crippen molar-refractivity contribution in [2.24, 2.45) is 0 Å². The summed E-state index contributed by atoms with van der Waals surface area (Å²) in [7, 11) is 0. The van der Waals surface area contributed by atoms with Crippen LogP contribution in [0.25, 0.3) is 0 Å². The van der Waals surface area contributed by atoms with E-state index in [1.54, 1.807) is 0 Å². The van der Waals surface area contributed by atoms with Crippen LogP contribution in [0.3, 0.4) is 0 Å². The Morgan fingerprint density at radius 2 is 2.04 bits per heavy atom. The first kappa shape index (κ1) is 17.0. The van der Waals surface area contributed by atoms with Gasteiger partial charge in [-0.1, -0.05) is 0 Å². The van der Waals surface area contributed by atoms with Gasteiger partial charge < -0.3 is 14.8 Å². The second-order valence-electron chi connectivity index (χ2n) is 8.02. The van der Waals surface area contributed by atoms with Crippen LogP contribution in [0, 0.1) is 0 Å². The summed E-state index contributed by atoms with van der Waals surface area (Å²) in [6, 6.07) is 1.45. The zero-order valence-corrected chi connectivity index (χ0v) is 14.7. The predicted molar refractivity (Wildman–Crippen MR) is 88.5 cm³/mol. The molecule has 132 valence electrons. The molecule has 0 spiro atoms. The van der Waals surface area contributed by atoms with Gasteiger partial charge in [0.05, 0.1) is 19.3 Å². The fraction of sp³-hybridized carbons (Fsp3) is 0.941. The largest absolute Gasteiger partial charge is 0.444 e. The van der Waals surface area contributed by atoms with Gasteiger partial charge >= 0.3 is 6.09 Å². The van der Waals surface area contributed by atoms with E-state index in [0.717, 1.165) is 19.1 Å². The quantitative estimate of drug-likeness (QED) is 0.848. The average Bonchev–Trinajstić information content (AvgIpc) is 3.23. The molecule has 3 rings (SSSR count). The summed E-state index contributed by atoms with van der Waals surface area (Å²) in [6.45, 7) is 10.6. The summed E-state index contributed by atoms with van der Waals surface area (Å²) in [5.41, 5.74) is -0.455. The highest BCUT2D eigenvalue weighted by Crippen LogP contribution is 2.29. The number of amides is 1. The van der Waals surface area contributed by atoms with Crippen LogP contribution < -0.4 is 5.32 Å². The molecule has 6 nitrogen and oxygen atoms in total. The highest BCUT2D eigenvalue weighted by atomic mass is 16.6. The van der Waals surface area contributed by atoms with Crippen molar-refractivity contribution in [3.63, 3.8) is 0 Å². The predicted octanol–water partition coefficient (Wildman–Crippen LogP) is 1.45. The van der Waals surface area contributed by atoms with E-state index in [0.29, 0.717) is 25.8 Å². The van der Waals surface area contributed by atoms with Crippen LogP contribution in [0.2, 0.25) is 0 Å². The maximum absolute atomic E-state index is 12.4. The topological polar surface area (TPSA) is 54.0 Å². The molecule has 2 saturated heterocycles. The monoisotopic (exact) mass is 325 g/mol. The number of carbonyl (C=O) groups excluding carboxylic acids is 1. The van der Waals surface area contributed by atoms with E-state index in [-0.39, 0.29) is 12.1 Å². The van der Waals surface area contributed by atoms with E-state index in [1.165, 1.54) is 25.8 Å². The van der Waals surface area contributed by atoms with E-state index in [1.807, 2.05) is 25.7 Å². The third-order valence-corrected chi connectivity index (χ3v) is 4.78. The van der Waals surface area contributed by atoms with Gasteiger partial charge in [0.2, 0.25) is 0 Å². The average molecular weight is 325 g/mol. The van der Waals surface area contributed by atoms with Crippen LogP contribution in [-0.2, 0) is 9.47 Å². The number of nitrogens with one attached hydrogen (secondary N) is 1. The molecule has 0 radical (unpaired) electrons. The smallest absolute Gasteiger partial charge is 0.410 e. The van der Waals surface area contributed by atoms with Gasteiger partial charge in [-0.05, 0) is 40.0 Å². The Morgan fingerprint density at radius 3 is 2.74 bits per heavy atom. The lowest BCUT2D eigenvalue weighted by atomic mass is 10.2. The molecule has 1 saturated carbocycles. The number of carbonyl (C=O) groups is 1. The maximum Gasteiger partial charge on any atom is 0.410 e. The summed E-state index contributed by atoms with van der Waals surface area (Å²) in [6.07, 6.45) is 3.72. The van der Waals surface area contributed by atoms with E-state index in [9.17, 15) is 4.79 Å². The zero-order chi connectivity index (χ0) is 16.4. The van der Waals surface area contributed by atoms with Crippen LogP contribution in [0.1, 0.15) is 40.0 Å². The second kappa shape index (κ2) is 6.95. The lowest BCUT2D eigenvalue weighted by Crippen LogP contribution is -2.55. The molecule has 2 atom stereocenters. The first-order chi connectivity index (χ1) is 10.9. The molecule has 0 aromatic rings. The fourth-order valence-corrected chi connectivity index (χ4v) is 3.41. The Balaban J connectivity index is 1.47. The van der Waals surface area contributed by atoms with Crippen LogP contribution in [0.15, 0.2) is 0 Å². The first-order valence-electron chi connectivity index (χ1n) is 8.97. The minimum atomic E-state index is -0.455. The van der Waals surface area contributed by atoms with Gasteiger partial charge in [0.25, 0.3) is 0 Å². The molecule has 0 aromatic carbocycles. The van der Waals surface area contributed by atoms with Crippen molar-refractivity contribution in [3.8, 4) is 0 Å². The fourth-order valence-electron chi connectivity index (χ4n) is 3.41. The summed E-state index contributed by atoms with van der Waals surface area (Å²) in [5, 5.41) is 3.64.